The summed E-state index contributed by atoms with van der Waals surface area (Å²) in [7, 11) is -3.98. The van der Waals surface area contributed by atoms with Gasteiger partial charge in [-0.1, -0.05) is 17.7 Å². The number of hydrogen-bond donors (Lipinski definition) is 2. The van der Waals surface area contributed by atoms with Crippen LogP contribution in [-0.4, -0.2) is 31.3 Å². The van der Waals surface area contributed by atoms with Crippen LogP contribution in [0.5, 0.6) is 0 Å². The average molecular weight is 299 g/mol. The molecule has 110 valence electrons. The summed E-state index contributed by atoms with van der Waals surface area (Å²) in [5, 5.41) is 8.97. The maximum atomic E-state index is 12.2. The molecule has 0 saturated heterocycles. The van der Waals surface area contributed by atoms with Crippen LogP contribution in [0.3, 0.4) is 0 Å². The summed E-state index contributed by atoms with van der Waals surface area (Å²) < 4.78 is 26.4. The van der Waals surface area contributed by atoms with Crippen molar-refractivity contribution < 1.29 is 23.1 Å². The fourth-order valence-electron chi connectivity index (χ4n) is 1.82. The first-order valence-corrected chi connectivity index (χ1v) is 7.43. The highest BCUT2D eigenvalue weighted by molar-refractivity contribution is 7.89. The summed E-state index contributed by atoms with van der Waals surface area (Å²) >= 11 is 0. The van der Waals surface area contributed by atoms with Crippen LogP contribution in [0.2, 0.25) is 0 Å². The second-order valence-electron chi connectivity index (χ2n) is 4.69. The van der Waals surface area contributed by atoms with E-state index in [1.54, 1.807) is 19.1 Å². The highest BCUT2D eigenvalue weighted by atomic mass is 32.2. The SMILES string of the molecule is CC(=O)CC(NS(=O)(=O)c1ccc(C)cc1C)C(=O)O. The molecule has 1 unspecified atom stereocenters. The van der Waals surface area contributed by atoms with Crippen molar-refractivity contribution in [3.8, 4) is 0 Å². The normalized spacial score (nSPS) is 12.9. The first kappa shape index (κ1) is 16.3. The van der Waals surface area contributed by atoms with E-state index in [1.165, 1.54) is 13.0 Å². The van der Waals surface area contributed by atoms with Crippen molar-refractivity contribution in [1.29, 1.82) is 0 Å². The number of Topliss-reactive ketones (excluding diaryl/α,β-unsaturated/α-hetero) is 1. The van der Waals surface area contributed by atoms with E-state index in [4.69, 9.17) is 5.11 Å². The number of carbonyl (C=O) groups is 2. The summed E-state index contributed by atoms with van der Waals surface area (Å²) in [6, 6.07) is 3.27. The molecule has 0 aliphatic carbocycles. The maximum absolute atomic E-state index is 12.2. The van der Waals surface area contributed by atoms with Crippen LogP contribution < -0.4 is 4.72 Å². The van der Waals surface area contributed by atoms with Gasteiger partial charge < -0.3 is 5.11 Å². The predicted molar refractivity (Wildman–Crippen MR) is 73.0 cm³/mol. The molecule has 0 fully saturated rings. The smallest absolute Gasteiger partial charge is 0.322 e. The number of carboxylic acid groups (broad SMARTS) is 1. The first-order valence-electron chi connectivity index (χ1n) is 5.95. The highest BCUT2D eigenvalue weighted by Gasteiger charge is 2.27. The molecular weight excluding hydrogens is 282 g/mol. The predicted octanol–water partition coefficient (Wildman–Crippen LogP) is 1.01. The quantitative estimate of drug-likeness (QED) is 0.816. The zero-order valence-corrected chi connectivity index (χ0v) is 12.3. The van der Waals surface area contributed by atoms with Gasteiger partial charge in [-0.3, -0.25) is 9.59 Å². The van der Waals surface area contributed by atoms with Crippen molar-refractivity contribution in [1.82, 2.24) is 4.72 Å². The Labute approximate surface area is 117 Å². The molecule has 0 aliphatic heterocycles. The second kappa shape index (κ2) is 6.15. The Morgan fingerprint density at radius 3 is 2.35 bits per heavy atom. The number of aryl methyl sites for hydroxylation is 2. The highest BCUT2D eigenvalue weighted by Crippen LogP contribution is 2.17. The number of hydrogen-bond acceptors (Lipinski definition) is 4. The first-order chi connectivity index (χ1) is 9.13. The summed E-state index contributed by atoms with van der Waals surface area (Å²) in [6.45, 7) is 4.66. The fraction of sp³-hybridized carbons (Fsp3) is 0.385. The van der Waals surface area contributed by atoms with Gasteiger partial charge >= 0.3 is 5.97 Å². The van der Waals surface area contributed by atoms with E-state index in [0.29, 0.717) is 5.56 Å². The summed E-state index contributed by atoms with van der Waals surface area (Å²) in [4.78, 5) is 22.0. The van der Waals surface area contributed by atoms with E-state index >= 15 is 0 Å². The molecule has 1 aromatic carbocycles. The second-order valence-corrected chi connectivity index (χ2v) is 6.37. The van der Waals surface area contributed by atoms with Gasteiger partial charge in [0.25, 0.3) is 0 Å². The van der Waals surface area contributed by atoms with E-state index in [1.807, 2.05) is 6.92 Å². The topological polar surface area (TPSA) is 101 Å². The van der Waals surface area contributed by atoms with Crippen molar-refractivity contribution in [2.75, 3.05) is 0 Å². The average Bonchev–Trinajstić information content (AvgIpc) is 2.26. The lowest BCUT2D eigenvalue weighted by Gasteiger charge is -2.15. The Balaban J connectivity index is 3.09. The molecule has 0 amide bonds. The molecule has 0 heterocycles. The Hall–Kier alpha value is -1.73. The number of carboxylic acids is 1. The van der Waals surface area contributed by atoms with Gasteiger partial charge in [0.05, 0.1) is 4.90 Å². The molecule has 0 bridgehead atoms. The number of nitrogens with one attached hydrogen (secondary N) is 1. The van der Waals surface area contributed by atoms with Crippen LogP contribution in [0.15, 0.2) is 23.1 Å². The molecule has 0 aromatic heterocycles. The number of carbonyl (C=O) groups excluding carboxylic acids is 1. The van der Waals surface area contributed by atoms with Crippen LogP contribution in [0.1, 0.15) is 24.5 Å². The van der Waals surface area contributed by atoms with Crippen LogP contribution in [0.25, 0.3) is 0 Å². The van der Waals surface area contributed by atoms with Gasteiger partial charge in [-0.05, 0) is 32.4 Å². The van der Waals surface area contributed by atoms with Crippen molar-refractivity contribution in [3.05, 3.63) is 29.3 Å². The molecule has 0 aliphatic rings. The van der Waals surface area contributed by atoms with Crippen molar-refractivity contribution >= 4 is 21.8 Å². The summed E-state index contributed by atoms with van der Waals surface area (Å²) in [6.07, 6.45) is -0.389. The standard InChI is InChI=1S/C13H17NO5S/c1-8-4-5-12(9(2)6-8)20(18,19)14-11(13(16)17)7-10(3)15/h4-6,11,14H,7H2,1-3H3,(H,16,17). The van der Waals surface area contributed by atoms with E-state index in [9.17, 15) is 18.0 Å². The van der Waals surface area contributed by atoms with Gasteiger partial charge in [-0.25, -0.2) is 8.42 Å². The van der Waals surface area contributed by atoms with Crippen LogP contribution in [-0.2, 0) is 19.6 Å². The molecule has 2 N–H and O–H groups in total. The Bertz CT molecular complexity index is 636. The Morgan fingerprint density at radius 1 is 1.30 bits per heavy atom. The molecule has 7 heteroatoms. The number of rotatable bonds is 6. The Kier molecular flexibility index (Phi) is 5.02. The summed E-state index contributed by atoms with van der Waals surface area (Å²) in [5.41, 5.74) is 1.42. The minimum atomic E-state index is -3.98. The van der Waals surface area contributed by atoms with E-state index in [2.05, 4.69) is 4.72 Å². The lowest BCUT2D eigenvalue weighted by molar-refractivity contribution is -0.140. The molecule has 1 rings (SSSR count). The van der Waals surface area contributed by atoms with Gasteiger partial charge in [0.1, 0.15) is 11.8 Å². The zero-order chi connectivity index (χ0) is 15.5. The van der Waals surface area contributed by atoms with E-state index < -0.39 is 27.8 Å². The minimum Gasteiger partial charge on any atom is -0.480 e. The number of ketones is 1. The zero-order valence-electron chi connectivity index (χ0n) is 11.5. The molecule has 1 atom stereocenters. The number of sulfonamides is 1. The lowest BCUT2D eigenvalue weighted by atomic mass is 10.2. The molecule has 6 nitrogen and oxygen atoms in total. The van der Waals surface area contributed by atoms with Gasteiger partial charge in [0.2, 0.25) is 10.0 Å². The van der Waals surface area contributed by atoms with Crippen LogP contribution in [0.4, 0.5) is 0 Å². The maximum Gasteiger partial charge on any atom is 0.322 e. The van der Waals surface area contributed by atoms with Gasteiger partial charge in [-0.15, -0.1) is 0 Å². The van der Waals surface area contributed by atoms with Crippen molar-refractivity contribution in [3.63, 3.8) is 0 Å². The third-order valence-corrected chi connectivity index (χ3v) is 4.34. The molecule has 1 aromatic rings. The lowest BCUT2D eigenvalue weighted by Crippen LogP contribution is -2.42. The number of aliphatic carboxylic acids is 1. The largest absolute Gasteiger partial charge is 0.480 e. The van der Waals surface area contributed by atoms with E-state index in [0.717, 1.165) is 5.56 Å². The van der Waals surface area contributed by atoms with Gasteiger partial charge in [0.15, 0.2) is 0 Å². The monoisotopic (exact) mass is 299 g/mol. The third kappa shape index (κ3) is 4.14. The van der Waals surface area contributed by atoms with Crippen molar-refractivity contribution in [2.24, 2.45) is 0 Å². The third-order valence-electron chi connectivity index (χ3n) is 2.71. The van der Waals surface area contributed by atoms with Gasteiger partial charge in [-0.2, -0.15) is 4.72 Å². The minimum absolute atomic E-state index is 0.0119. The molecule has 0 saturated carbocycles. The summed E-state index contributed by atoms with van der Waals surface area (Å²) in [5.74, 6) is -1.78. The van der Waals surface area contributed by atoms with Crippen LogP contribution in [0, 0.1) is 13.8 Å². The van der Waals surface area contributed by atoms with E-state index in [-0.39, 0.29) is 11.3 Å². The molecule has 20 heavy (non-hydrogen) atoms. The van der Waals surface area contributed by atoms with Crippen LogP contribution >= 0.6 is 0 Å². The Morgan fingerprint density at radius 2 is 1.90 bits per heavy atom. The van der Waals surface area contributed by atoms with Crippen molar-refractivity contribution in [2.45, 2.75) is 38.1 Å². The molecule has 0 spiro atoms. The molecule has 0 radical (unpaired) electrons. The molecular formula is C13H17NO5S. The fourth-order valence-corrected chi connectivity index (χ4v) is 3.23. The van der Waals surface area contributed by atoms with Gasteiger partial charge in [0, 0.05) is 6.42 Å². The number of benzene rings is 1.